The van der Waals surface area contributed by atoms with E-state index in [-0.39, 0.29) is 80.4 Å². The minimum atomic E-state index is -1.43. The molecule has 4 atom stereocenters. The summed E-state index contributed by atoms with van der Waals surface area (Å²) in [6, 6.07) is 11.7. The van der Waals surface area contributed by atoms with E-state index >= 15 is 8.78 Å². The number of fused-ring (bicyclic) bond motifs is 6. The molecule has 4 aliphatic carbocycles. The minimum absolute atomic E-state index is 0.0256. The first-order chi connectivity index (χ1) is 41.1. The summed E-state index contributed by atoms with van der Waals surface area (Å²) >= 11 is 0. The number of hydrogen-bond acceptors (Lipinski definition) is 11. The molecule has 2 aromatic carbocycles. The number of carbonyl (C=O) groups is 6. The zero-order chi connectivity index (χ0) is 62.5. The number of piperidine rings is 4. The van der Waals surface area contributed by atoms with E-state index in [0.717, 1.165) is 108 Å². The molecule has 12 rings (SSSR count). The third-order valence-electron chi connectivity index (χ3n) is 19.2. The number of amides is 5. The lowest BCUT2D eigenvalue weighted by Crippen LogP contribution is -2.47. The van der Waals surface area contributed by atoms with Crippen molar-refractivity contribution in [2.75, 3.05) is 52.4 Å². The van der Waals surface area contributed by atoms with Gasteiger partial charge in [0.25, 0.3) is 5.91 Å². The van der Waals surface area contributed by atoms with Gasteiger partial charge < -0.3 is 45.2 Å². The summed E-state index contributed by atoms with van der Waals surface area (Å²) in [7, 11) is 0. The molecule has 0 radical (unpaired) electrons. The van der Waals surface area contributed by atoms with Gasteiger partial charge in [0, 0.05) is 99.6 Å². The lowest BCUT2D eigenvalue weighted by Gasteiger charge is -2.37. The van der Waals surface area contributed by atoms with E-state index < -0.39 is 34.6 Å². The number of alkyl carbamates (subject to hydrolysis) is 2. The van der Waals surface area contributed by atoms with Crippen molar-refractivity contribution in [2.45, 2.75) is 206 Å². The molecule has 2 saturated carbocycles. The Kier molecular flexibility index (Phi) is 18.1. The predicted octanol–water partition coefficient (Wildman–Crippen LogP) is 9.38. The van der Waals surface area contributed by atoms with E-state index in [1.54, 1.807) is 19.2 Å². The Balaban J connectivity index is 0.000000164. The standard InChI is InChI=1S/C33H44FN5O4.C23H26FN3O3.C10H20N2O2/c1-20-7-6-8-25(21(20)2)33(34)11-15-37(16-12-33)27(40)19-39-26-18-22-17-24(22)28(26)29(36-39)30(41)38-13-9-23(10-14-38)35-31(42)43-32(3,4)5;1-13-4-3-5-17(14(13)2)23(24)6-8-26(9-7-23)19(28)12-27-18-11-15-10-16(15)20(18)21(25-27)22(29)30;1-10(2,3)14-9(13)12-8-4-6-11-7-5-8/h6-8,22-24H,9-19H2,1-5H3,(H,35,42);3-5,15-16H,6-12H2,1-2H3,(H,29,30);8,11H,4-7H2,1-3H3,(H,12,13)/t22-,24-;15-,16-;/m11./s1. The van der Waals surface area contributed by atoms with Gasteiger partial charge >= 0.3 is 18.2 Å². The van der Waals surface area contributed by atoms with Gasteiger partial charge in [-0.2, -0.15) is 10.2 Å². The van der Waals surface area contributed by atoms with Crippen LogP contribution in [-0.2, 0) is 56.3 Å². The van der Waals surface area contributed by atoms with Crippen molar-refractivity contribution in [1.82, 2.24) is 50.2 Å². The second-order valence-corrected chi connectivity index (χ2v) is 27.7. The smallest absolute Gasteiger partial charge is 0.407 e. The van der Waals surface area contributed by atoms with Gasteiger partial charge in [0.2, 0.25) is 11.8 Å². The van der Waals surface area contributed by atoms with Crippen LogP contribution in [0.5, 0.6) is 0 Å². The number of carbonyl (C=O) groups excluding carboxylic acids is 5. The zero-order valence-electron chi connectivity index (χ0n) is 52.6. The third kappa shape index (κ3) is 14.3. The van der Waals surface area contributed by atoms with Crippen LogP contribution >= 0.6 is 0 Å². The molecule has 4 aliphatic heterocycles. The van der Waals surface area contributed by atoms with Crippen LogP contribution in [0.3, 0.4) is 0 Å². The van der Waals surface area contributed by atoms with Crippen LogP contribution in [0.4, 0.5) is 18.4 Å². The van der Waals surface area contributed by atoms with Crippen molar-refractivity contribution in [2.24, 2.45) is 11.8 Å². The lowest BCUT2D eigenvalue weighted by atomic mass is 9.82. The number of carboxylic acids is 1. The molecule has 6 heterocycles. The number of aryl methyl sites for hydroxylation is 2. The Labute approximate surface area is 510 Å². The largest absolute Gasteiger partial charge is 0.476 e. The highest BCUT2D eigenvalue weighted by molar-refractivity contribution is 5.95. The van der Waals surface area contributed by atoms with Gasteiger partial charge in [0.1, 0.15) is 35.6 Å². The van der Waals surface area contributed by atoms with Crippen LogP contribution in [0.2, 0.25) is 0 Å². The number of aromatic carboxylic acids is 1. The molecule has 21 heteroatoms. The van der Waals surface area contributed by atoms with E-state index in [1.807, 2.05) is 111 Å². The quantitative estimate of drug-likeness (QED) is 0.117. The molecule has 0 unspecified atom stereocenters. The first kappa shape index (κ1) is 63.1. The van der Waals surface area contributed by atoms with Gasteiger partial charge in [0.15, 0.2) is 11.4 Å². The maximum absolute atomic E-state index is 16.0. The first-order valence-electron chi connectivity index (χ1n) is 31.6. The number of ether oxygens (including phenoxy) is 2. The van der Waals surface area contributed by atoms with Crippen LogP contribution in [0.15, 0.2) is 36.4 Å². The highest BCUT2D eigenvalue weighted by atomic mass is 19.1. The van der Waals surface area contributed by atoms with Gasteiger partial charge in [-0.15, -0.1) is 0 Å². The molecule has 4 N–H and O–H groups in total. The first-order valence-corrected chi connectivity index (χ1v) is 31.6. The van der Waals surface area contributed by atoms with E-state index in [0.29, 0.717) is 81.5 Å². The van der Waals surface area contributed by atoms with E-state index in [9.17, 15) is 33.9 Å². The van der Waals surface area contributed by atoms with Crippen LogP contribution in [0, 0.1) is 39.5 Å². The number of aromatic nitrogens is 4. The number of carboxylic acid groups (broad SMARTS) is 1. The number of nitrogens with one attached hydrogen (secondary N) is 3. The van der Waals surface area contributed by atoms with Crippen molar-refractivity contribution >= 4 is 35.9 Å². The molecule has 0 spiro atoms. The molecule has 472 valence electrons. The fourth-order valence-electron chi connectivity index (χ4n) is 13.9. The Bertz CT molecular complexity index is 3260. The lowest BCUT2D eigenvalue weighted by molar-refractivity contribution is -0.135. The Morgan fingerprint density at radius 2 is 1.00 bits per heavy atom. The molecule has 2 aromatic heterocycles. The highest BCUT2D eigenvalue weighted by Gasteiger charge is 2.52. The van der Waals surface area contributed by atoms with Gasteiger partial charge in [0.05, 0.1) is 0 Å². The summed E-state index contributed by atoms with van der Waals surface area (Å²) in [5, 5.41) is 27.5. The SMILES string of the molecule is CC(C)(C)OC(=O)NC1CCNCC1.Cc1cccc(C2(F)CCN(C(=O)Cn3nc(C(=O)N4CCC(NC(=O)OC(C)(C)C)CC4)c4c3C[C@H]3C[C@@H]43)CC2)c1C.Cc1cccc(C2(F)CCN(C(=O)Cn3nc(C(=O)O)c4c3C[C@H]3C[C@@H]43)CC2)c1C. The van der Waals surface area contributed by atoms with E-state index in [2.05, 4.69) is 21.0 Å². The molecule has 4 aromatic rings. The van der Waals surface area contributed by atoms with Crippen LogP contribution in [0.1, 0.15) is 194 Å². The van der Waals surface area contributed by atoms with E-state index in [1.165, 1.54) is 0 Å². The van der Waals surface area contributed by atoms with Gasteiger partial charge in [-0.1, -0.05) is 36.4 Å². The molecular formula is C66H90F2N10O9. The Morgan fingerprint density at radius 1 is 0.598 bits per heavy atom. The summed E-state index contributed by atoms with van der Waals surface area (Å²) in [4.78, 5) is 80.4. The zero-order valence-corrected chi connectivity index (χ0v) is 52.6. The second-order valence-electron chi connectivity index (χ2n) is 27.7. The summed E-state index contributed by atoms with van der Waals surface area (Å²) in [5.41, 5.74) is 6.07. The number of alkyl halides is 2. The Hall–Kier alpha value is -6.90. The average molecular weight is 1210 g/mol. The predicted molar refractivity (Wildman–Crippen MR) is 323 cm³/mol. The van der Waals surface area contributed by atoms with Crippen LogP contribution in [-0.4, -0.2) is 151 Å². The van der Waals surface area contributed by atoms with Crippen LogP contribution < -0.4 is 16.0 Å². The molecule has 6 fully saturated rings. The summed E-state index contributed by atoms with van der Waals surface area (Å²) in [5.74, 6) is 0.362. The molecular weight excluding hydrogens is 1110 g/mol. The molecule has 5 amide bonds. The summed E-state index contributed by atoms with van der Waals surface area (Å²) in [6.07, 6.45) is 7.33. The van der Waals surface area contributed by atoms with Gasteiger partial charge in [-0.05, 0) is 191 Å². The second kappa shape index (κ2) is 24.9. The number of rotatable bonds is 10. The molecule has 4 saturated heterocycles. The fourth-order valence-corrected chi connectivity index (χ4v) is 13.9. The molecule has 19 nitrogen and oxygen atoms in total. The number of benzene rings is 2. The summed E-state index contributed by atoms with van der Waals surface area (Å²) < 4.78 is 45.6. The molecule has 8 aliphatic rings. The van der Waals surface area contributed by atoms with Crippen molar-refractivity contribution in [1.29, 1.82) is 0 Å². The third-order valence-corrected chi connectivity index (χ3v) is 19.2. The van der Waals surface area contributed by atoms with Crippen molar-refractivity contribution in [3.8, 4) is 0 Å². The maximum Gasteiger partial charge on any atom is 0.407 e. The average Bonchev–Trinajstić information content (AvgIpc) is 1.64. The normalized spacial score (nSPS) is 22.6. The molecule has 0 bridgehead atoms. The monoisotopic (exact) mass is 1200 g/mol. The van der Waals surface area contributed by atoms with Crippen molar-refractivity contribution in [3.05, 3.63) is 104 Å². The fraction of sp³-hybridized carbons (Fsp3) is 0.636. The van der Waals surface area contributed by atoms with Crippen LogP contribution in [0.25, 0.3) is 0 Å². The van der Waals surface area contributed by atoms with Gasteiger partial charge in [-0.25, -0.2) is 23.2 Å². The number of nitrogens with zero attached hydrogens (tertiary/aromatic N) is 7. The Morgan fingerprint density at radius 3 is 1.41 bits per heavy atom. The topological polar surface area (TPSA) is 223 Å². The highest BCUT2D eigenvalue weighted by Crippen LogP contribution is 2.58. The number of likely N-dealkylation sites (tertiary alicyclic amines) is 3. The number of halogens is 2. The van der Waals surface area contributed by atoms with Crippen molar-refractivity contribution in [3.63, 3.8) is 0 Å². The maximum atomic E-state index is 16.0. The number of hydrogen-bond donors (Lipinski definition) is 4. The molecule has 87 heavy (non-hydrogen) atoms. The van der Waals surface area contributed by atoms with Crippen molar-refractivity contribution < 1.29 is 52.1 Å². The van der Waals surface area contributed by atoms with Gasteiger partial charge in [-0.3, -0.25) is 23.7 Å². The minimum Gasteiger partial charge on any atom is -0.476 e. The van der Waals surface area contributed by atoms with E-state index in [4.69, 9.17) is 14.6 Å². The summed E-state index contributed by atoms with van der Waals surface area (Å²) in [6.45, 7) is 23.5.